The Bertz CT molecular complexity index is 988. The van der Waals surface area contributed by atoms with Gasteiger partial charge in [0.25, 0.3) is 5.91 Å². The van der Waals surface area contributed by atoms with Crippen LogP contribution in [0, 0.1) is 11.3 Å². The second-order valence-electron chi connectivity index (χ2n) is 12.3. The first-order valence-electron chi connectivity index (χ1n) is 14.6. The molecule has 40 heavy (non-hydrogen) atoms. The number of rotatable bonds is 11. The zero-order chi connectivity index (χ0) is 29.1. The number of alkyl carbamates (subject to hydrolysis) is 1. The molecule has 0 aromatic heterocycles. The third kappa shape index (κ3) is 7.48. The first-order chi connectivity index (χ1) is 18.9. The molecule has 3 atom stereocenters. The minimum Gasteiger partial charge on any atom is -0.453 e. The average molecular weight is 569 g/mol. The molecule has 3 saturated carbocycles. The smallest absolute Gasteiger partial charge is 0.407 e. The average Bonchev–Trinajstić information content (AvgIpc) is 3.62. The number of methoxy groups -OCH3 is 1. The van der Waals surface area contributed by atoms with Crippen LogP contribution in [0.25, 0.3) is 0 Å². The molecule has 10 nitrogen and oxygen atoms in total. The van der Waals surface area contributed by atoms with Gasteiger partial charge in [-0.15, -0.1) is 0 Å². The summed E-state index contributed by atoms with van der Waals surface area (Å²) in [4.78, 5) is 66.7. The number of Topliss-reactive ketones (excluding diaryl/α,β-unsaturated/α-hetero) is 1. The van der Waals surface area contributed by atoms with E-state index < -0.39 is 60.6 Å². The van der Waals surface area contributed by atoms with E-state index in [0.29, 0.717) is 13.0 Å². The first-order valence-corrected chi connectivity index (χ1v) is 14.6. The summed E-state index contributed by atoms with van der Waals surface area (Å²) >= 11 is 0. The quantitative estimate of drug-likeness (QED) is 0.328. The van der Waals surface area contributed by atoms with E-state index in [1.54, 1.807) is 0 Å². The number of halogens is 2. The Morgan fingerprint density at radius 3 is 2.23 bits per heavy atom. The van der Waals surface area contributed by atoms with E-state index in [-0.39, 0.29) is 23.3 Å². The number of hydrogen-bond donors (Lipinski definition) is 3. The zero-order valence-electron chi connectivity index (χ0n) is 23.4. The maximum Gasteiger partial charge on any atom is 0.407 e. The van der Waals surface area contributed by atoms with Gasteiger partial charge in [-0.3, -0.25) is 19.2 Å². The van der Waals surface area contributed by atoms with Crippen LogP contribution in [0.2, 0.25) is 0 Å². The number of ketones is 1. The number of ether oxygens (including phenoxy) is 1. The van der Waals surface area contributed by atoms with Gasteiger partial charge in [0, 0.05) is 19.0 Å². The van der Waals surface area contributed by atoms with Crippen LogP contribution < -0.4 is 16.0 Å². The highest BCUT2D eigenvalue weighted by atomic mass is 19.3. The van der Waals surface area contributed by atoms with Crippen molar-refractivity contribution < 1.29 is 37.5 Å². The highest BCUT2D eigenvalue weighted by Crippen LogP contribution is 2.47. The van der Waals surface area contributed by atoms with E-state index in [0.717, 1.165) is 71.1 Å². The molecular formula is C28H42F2N4O6. The summed E-state index contributed by atoms with van der Waals surface area (Å²) in [5.41, 5.74) is -0.273. The summed E-state index contributed by atoms with van der Waals surface area (Å²) in [6.45, 7) is 1.06. The normalized spacial score (nSPS) is 24.0. The fourth-order valence-corrected chi connectivity index (χ4v) is 6.28. The molecule has 0 radical (unpaired) electrons. The molecule has 4 rings (SSSR count). The molecule has 1 saturated heterocycles. The lowest BCUT2D eigenvalue weighted by Gasteiger charge is -2.37. The monoisotopic (exact) mass is 568 g/mol. The molecule has 4 aliphatic rings. The Balaban J connectivity index is 1.55. The second-order valence-corrected chi connectivity index (χ2v) is 12.3. The molecular weight excluding hydrogens is 526 g/mol. The predicted octanol–water partition coefficient (Wildman–Crippen LogP) is 2.83. The minimum absolute atomic E-state index is 0.0783. The number of alkyl halides is 2. The Hall–Kier alpha value is -2.79. The van der Waals surface area contributed by atoms with Gasteiger partial charge < -0.3 is 25.6 Å². The molecule has 1 heterocycles. The fourth-order valence-electron chi connectivity index (χ4n) is 6.28. The number of likely N-dealkylation sites (tertiary alicyclic amines) is 1. The SMILES string of the molecule is COC(=O)NC(C(=O)N1CC2(CCCCC2)C[C@H]1C(=O)N[C@@H](CCC(C)(F)F)C(=O)C(=O)NC1CC1)C1CCC1. The molecule has 1 unspecified atom stereocenters. The summed E-state index contributed by atoms with van der Waals surface area (Å²) in [5, 5.41) is 7.80. The number of nitrogens with one attached hydrogen (secondary N) is 3. The van der Waals surface area contributed by atoms with Crippen molar-refractivity contribution >= 4 is 29.6 Å². The Kier molecular flexibility index (Phi) is 9.34. The van der Waals surface area contributed by atoms with Crippen LogP contribution in [-0.4, -0.2) is 78.2 Å². The summed E-state index contributed by atoms with van der Waals surface area (Å²) < 4.78 is 32.2. The van der Waals surface area contributed by atoms with Crippen LogP contribution in [0.1, 0.15) is 90.4 Å². The van der Waals surface area contributed by atoms with Crippen LogP contribution in [0.5, 0.6) is 0 Å². The Morgan fingerprint density at radius 2 is 1.68 bits per heavy atom. The molecule has 224 valence electrons. The number of nitrogens with zero attached hydrogens (tertiary/aromatic N) is 1. The molecule has 4 amide bonds. The van der Waals surface area contributed by atoms with Gasteiger partial charge in [0.15, 0.2) is 0 Å². The van der Waals surface area contributed by atoms with E-state index >= 15 is 0 Å². The van der Waals surface area contributed by atoms with E-state index in [4.69, 9.17) is 4.74 Å². The zero-order valence-corrected chi connectivity index (χ0v) is 23.4. The predicted molar refractivity (Wildman–Crippen MR) is 140 cm³/mol. The molecule has 4 fully saturated rings. The fraction of sp³-hybridized carbons (Fsp3) is 0.821. The van der Waals surface area contributed by atoms with Gasteiger partial charge in [0.05, 0.1) is 13.2 Å². The third-order valence-electron chi connectivity index (χ3n) is 9.00. The van der Waals surface area contributed by atoms with Crippen LogP contribution in [0.3, 0.4) is 0 Å². The van der Waals surface area contributed by atoms with Crippen LogP contribution >= 0.6 is 0 Å². The number of hydrogen-bond acceptors (Lipinski definition) is 6. The first kappa shape index (κ1) is 30.2. The van der Waals surface area contributed by atoms with Crippen molar-refractivity contribution in [2.75, 3.05) is 13.7 Å². The second kappa shape index (κ2) is 12.4. The number of carbonyl (C=O) groups is 5. The highest BCUT2D eigenvalue weighted by Gasteiger charge is 2.51. The lowest BCUT2D eigenvalue weighted by molar-refractivity contribution is -0.144. The van der Waals surface area contributed by atoms with Crippen molar-refractivity contribution in [1.82, 2.24) is 20.9 Å². The van der Waals surface area contributed by atoms with Crippen molar-refractivity contribution in [3.63, 3.8) is 0 Å². The van der Waals surface area contributed by atoms with Crippen molar-refractivity contribution in [3.05, 3.63) is 0 Å². The van der Waals surface area contributed by atoms with Gasteiger partial charge in [0.2, 0.25) is 23.5 Å². The van der Waals surface area contributed by atoms with Crippen molar-refractivity contribution in [3.8, 4) is 0 Å². The molecule has 3 N–H and O–H groups in total. The molecule has 0 bridgehead atoms. The molecule has 1 spiro atoms. The molecule has 0 aromatic carbocycles. The largest absolute Gasteiger partial charge is 0.453 e. The van der Waals surface area contributed by atoms with E-state index in [1.165, 1.54) is 12.0 Å². The van der Waals surface area contributed by atoms with Gasteiger partial charge in [-0.05, 0) is 69.6 Å². The summed E-state index contributed by atoms with van der Waals surface area (Å²) in [6.07, 6.45) is 7.16. The minimum atomic E-state index is -3.09. The topological polar surface area (TPSA) is 134 Å². The van der Waals surface area contributed by atoms with Gasteiger partial charge in [-0.1, -0.05) is 25.7 Å². The molecule has 3 aliphatic carbocycles. The maximum atomic E-state index is 13.9. The van der Waals surface area contributed by atoms with Crippen LogP contribution in [0.4, 0.5) is 13.6 Å². The standard InChI is InChI=1S/C28H42F2N4O6/c1-27(29,30)14-11-19(22(35)24(37)31-18-9-10-18)32-23(36)20-15-28(12-4-3-5-13-28)16-34(20)25(38)21(17-7-6-8-17)33-26(39)40-2/h17-21H,3-16H2,1-2H3,(H,31,37)(H,32,36)(H,33,39)/t19-,20-,21?/m0/s1. The van der Waals surface area contributed by atoms with Gasteiger partial charge >= 0.3 is 6.09 Å². The maximum absolute atomic E-state index is 13.9. The molecule has 1 aliphatic heterocycles. The van der Waals surface area contributed by atoms with Crippen LogP contribution in [-0.2, 0) is 23.9 Å². The van der Waals surface area contributed by atoms with Crippen molar-refractivity contribution in [2.24, 2.45) is 11.3 Å². The van der Waals surface area contributed by atoms with E-state index in [2.05, 4.69) is 16.0 Å². The van der Waals surface area contributed by atoms with Gasteiger partial charge in [-0.25, -0.2) is 13.6 Å². The lowest BCUT2D eigenvalue weighted by Crippen LogP contribution is -2.58. The Labute approximate surface area is 233 Å². The van der Waals surface area contributed by atoms with Crippen LogP contribution in [0.15, 0.2) is 0 Å². The number of amides is 4. The summed E-state index contributed by atoms with van der Waals surface area (Å²) in [7, 11) is 1.22. The van der Waals surface area contributed by atoms with Gasteiger partial charge in [0.1, 0.15) is 12.1 Å². The summed E-state index contributed by atoms with van der Waals surface area (Å²) in [6, 6.07) is -3.35. The van der Waals surface area contributed by atoms with E-state index in [9.17, 15) is 32.8 Å². The van der Waals surface area contributed by atoms with Gasteiger partial charge in [-0.2, -0.15) is 0 Å². The lowest BCUT2D eigenvalue weighted by atomic mass is 9.72. The third-order valence-corrected chi connectivity index (χ3v) is 9.00. The number of carbonyl (C=O) groups excluding carboxylic acids is 5. The summed E-state index contributed by atoms with van der Waals surface area (Å²) in [5.74, 6) is -6.06. The van der Waals surface area contributed by atoms with Crippen molar-refractivity contribution in [2.45, 2.75) is 120 Å². The Morgan fingerprint density at radius 1 is 1.00 bits per heavy atom. The highest BCUT2D eigenvalue weighted by molar-refractivity contribution is 6.38. The molecule has 12 heteroatoms. The molecule has 0 aromatic rings. The van der Waals surface area contributed by atoms with E-state index in [1.807, 2.05) is 0 Å². The van der Waals surface area contributed by atoms with Crippen molar-refractivity contribution in [1.29, 1.82) is 0 Å².